The molecule has 1 saturated carbocycles. The summed E-state index contributed by atoms with van der Waals surface area (Å²) in [7, 11) is 0. The van der Waals surface area contributed by atoms with E-state index >= 15 is 0 Å². The summed E-state index contributed by atoms with van der Waals surface area (Å²) >= 11 is 0. The lowest BCUT2D eigenvalue weighted by atomic mass is 10.0. The smallest absolute Gasteiger partial charge is 0.239 e. The van der Waals surface area contributed by atoms with E-state index in [0.29, 0.717) is 12.0 Å². The van der Waals surface area contributed by atoms with Crippen molar-refractivity contribution in [2.24, 2.45) is 5.92 Å². The summed E-state index contributed by atoms with van der Waals surface area (Å²) in [6.07, 6.45) is 3.29. The topological polar surface area (TPSA) is 52.6 Å². The molecule has 100 valence electrons. The van der Waals surface area contributed by atoms with Gasteiger partial charge in [-0.05, 0) is 39.5 Å². The van der Waals surface area contributed by atoms with Crippen molar-refractivity contribution in [2.75, 3.05) is 19.7 Å². The second-order valence-electron chi connectivity index (χ2n) is 4.88. The molecule has 1 fully saturated rings. The Morgan fingerprint density at radius 2 is 2.06 bits per heavy atom. The van der Waals surface area contributed by atoms with E-state index in [1.807, 2.05) is 25.7 Å². The van der Waals surface area contributed by atoms with Crippen LogP contribution in [0.4, 0.5) is 0 Å². The maximum absolute atomic E-state index is 12.1. The molecule has 0 heterocycles. The number of hydrogen-bond acceptors (Lipinski definition) is 3. The second kappa shape index (κ2) is 6.97. The molecule has 0 aromatic rings. The van der Waals surface area contributed by atoms with Gasteiger partial charge in [0.1, 0.15) is 0 Å². The second-order valence-corrected chi connectivity index (χ2v) is 4.88. The zero-order valence-corrected chi connectivity index (χ0v) is 11.3. The van der Waals surface area contributed by atoms with Crippen LogP contribution in [0.2, 0.25) is 0 Å². The average Bonchev–Trinajstić information content (AvgIpc) is 2.77. The molecular formula is C13H26N2O2. The van der Waals surface area contributed by atoms with Gasteiger partial charge in [-0.1, -0.05) is 6.42 Å². The summed E-state index contributed by atoms with van der Waals surface area (Å²) in [6.45, 7) is 7.67. The molecule has 4 heteroatoms. The summed E-state index contributed by atoms with van der Waals surface area (Å²) < 4.78 is 0. The lowest BCUT2D eigenvalue weighted by molar-refractivity contribution is -0.132. The van der Waals surface area contributed by atoms with Crippen LogP contribution < -0.4 is 5.32 Å². The molecule has 0 bridgehead atoms. The van der Waals surface area contributed by atoms with Gasteiger partial charge in [0.15, 0.2) is 0 Å². The predicted octanol–water partition coefficient (Wildman–Crippen LogP) is 0.994. The van der Waals surface area contributed by atoms with E-state index in [1.165, 1.54) is 0 Å². The van der Waals surface area contributed by atoms with E-state index in [-0.39, 0.29) is 18.6 Å². The van der Waals surface area contributed by atoms with E-state index in [1.54, 1.807) is 0 Å². The van der Waals surface area contributed by atoms with Crippen molar-refractivity contribution in [1.29, 1.82) is 0 Å². The van der Waals surface area contributed by atoms with Crippen molar-refractivity contribution >= 4 is 5.91 Å². The van der Waals surface area contributed by atoms with Gasteiger partial charge < -0.3 is 15.3 Å². The molecule has 1 rings (SSSR count). The van der Waals surface area contributed by atoms with Gasteiger partial charge in [0.25, 0.3) is 0 Å². The van der Waals surface area contributed by atoms with Crippen LogP contribution >= 0.6 is 0 Å². The Balaban J connectivity index is 2.47. The fourth-order valence-corrected chi connectivity index (χ4v) is 2.68. The zero-order valence-electron chi connectivity index (χ0n) is 11.3. The number of aliphatic hydroxyl groups is 1. The number of likely N-dealkylation sites (N-methyl/N-ethyl adjacent to an activating group) is 1. The van der Waals surface area contributed by atoms with Crippen molar-refractivity contribution in [3.63, 3.8) is 0 Å². The molecule has 3 atom stereocenters. The minimum absolute atomic E-state index is 0.146. The molecular weight excluding hydrogens is 216 g/mol. The van der Waals surface area contributed by atoms with Crippen molar-refractivity contribution < 1.29 is 9.90 Å². The number of rotatable bonds is 6. The summed E-state index contributed by atoms with van der Waals surface area (Å²) in [4.78, 5) is 13.9. The van der Waals surface area contributed by atoms with Crippen molar-refractivity contribution in [2.45, 2.75) is 52.1 Å². The average molecular weight is 242 g/mol. The molecule has 0 aromatic heterocycles. The SMILES string of the molecule is CCN(CC)C(=O)C(C)NC1CCCC1CO. The van der Waals surface area contributed by atoms with Crippen LogP contribution in [0.15, 0.2) is 0 Å². The Morgan fingerprint density at radius 1 is 1.41 bits per heavy atom. The summed E-state index contributed by atoms with van der Waals surface area (Å²) in [5.41, 5.74) is 0. The van der Waals surface area contributed by atoms with Crippen molar-refractivity contribution in [3.8, 4) is 0 Å². The molecule has 1 aliphatic rings. The van der Waals surface area contributed by atoms with Gasteiger partial charge in [0.05, 0.1) is 6.04 Å². The standard InChI is InChI=1S/C13H26N2O2/c1-4-15(5-2)13(17)10(3)14-12-8-6-7-11(12)9-16/h10-12,14,16H,4-9H2,1-3H3. The maximum Gasteiger partial charge on any atom is 0.239 e. The van der Waals surface area contributed by atoms with Crippen LogP contribution in [0.25, 0.3) is 0 Å². The molecule has 0 aromatic carbocycles. The molecule has 2 N–H and O–H groups in total. The molecule has 1 amide bonds. The Morgan fingerprint density at radius 3 is 2.59 bits per heavy atom. The first kappa shape index (κ1) is 14.5. The highest BCUT2D eigenvalue weighted by atomic mass is 16.3. The molecule has 17 heavy (non-hydrogen) atoms. The van der Waals surface area contributed by atoms with Crippen LogP contribution in [0.5, 0.6) is 0 Å². The van der Waals surface area contributed by atoms with Gasteiger partial charge in [-0.2, -0.15) is 0 Å². The minimum atomic E-state index is -0.146. The third-order valence-corrected chi connectivity index (χ3v) is 3.80. The number of nitrogens with one attached hydrogen (secondary N) is 1. The van der Waals surface area contributed by atoms with Gasteiger partial charge in [-0.3, -0.25) is 4.79 Å². The van der Waals surface area contributed by atoms with Gasteiger partial charge in [-0.15, -0.1) is 0 Å². The first-order valence-electron chi connectivity index (χ1n) is 6.79. The quantitative estimate of drug-likeness (QED) is 0.730. The van der Waals surface area contributed by atoms with E-state index in [2.05, 4.69) is 5.32 Å². The number of amides is 1. The number of hydrogen-bond donors (Lipinski definition) is 2. The summed E-state index contributed by atoms with van der Waals surface area (Å²) in [6, 6.07) is 0.154. The van der Waals surface area contributed by atoms with Gasteiger partial charge >= 0.3 is 0 Å². The summed E-state index contributed by atoms with van der Waals surface area (Å²) in [5, 5.41) is 12.6. The Hall–Kier alpha value is -0.610. The van der Waals surface area contributed by atoms with Crippen LogP contribution in [0, 0.1) is 5.92 Å². The number of carbonyl (C=O) groups is 1. The number of carbonyl (C=O) groups excluding carboxylic acids is 1. The Bertz CT molecular complexity index is 242. The number of nitrogens with zero attached hydrogens (tertiary/aromatic N) is 1. The molecule has 0 spiro atoms. The van der Waals surface area contributed by atoms with Crippen LogP contribution in [-0.4, -0.2) is 47.7 Å². The van der Waals surface area contributed by atoms with Crippen LogP contribution in [-0.2, 0) is 4.79 Å². The van der Waals surface area contributed by atoms with E-state index in [4.69, 9.17) is 0 Å². The first-order chi connectivity index (χ1) is 8.13. The highest BCUT2D eigenvalue weighted by molar-refractivity contribution is 5.81. The fraction of sp³-hybridized carbons (Fsp3) is 0.923. The van der Waals surface area contributed by atoms with Crippen molar-refractivity contribution in [1.82, 2.24) is 10.2 Å². The minimum Gasteiger partial charge on any atom is -0.396 e. The molecule has 3 unspecified atom stereocenters. The van der Waals surface area contributed by atoms with E-state index < -0.39 is 0 Å². The normalized spacial score (nSPS) is 25.9. The first-order valence-corrected chi connectivity index (χ1v) is 6.79. The van der Waals surface area contributed by atoms with Crippen molar-refractivity contribution in [3.05, 3.63) is 0 Å². The lowest BCUT2D eigenvalue weighted by Gasteiger charge is -2.27. The largest absolute Gasteiger partial charge is 0.396 e. The summed E-state index contributed by atoms with van der Waals surface area (Å²) in [5.74, 6) is 0.487. The van der Waals surface area contributed by atoms with Crippen LogP contribution in [0.3, 0.4) is 0 Å². The zero-order chi connectivity index (χ0) is 12.8. The highest BCUT2D eigenvalue weighted by Crippen LogP contribution is 2.25. The van der Waals surface area contributed by atoms with Gasteiger partial charge in [0, 0.05) is 25.7 Å². The Kier molecular flexibility index (Phi) is 5.92. The predicted molar refractivity (Wildman–Crippen MR) is 68.7 cm³/mol. The lowest BCUT2D eigenvalue weighted by Crippen LogP contribution is -2.49. The van der Waals surface area contributed by atoms with Gasteiger partial charge in [0.2, 0.25) is 5.91 Å². The third-order valence-electron chi connectivity index (χ3n) is 3.80. The van der Waals surface area contributed by atoms with Gasteiger partial charge in [-0.25, -0.2) is 0 Å². The molecule has 4 nitrogen and oxygen atoms in total. The van der Waals surface area contributed by atoms with E-state index in [9.17, 15) is 9.90 Å². The fourth-order valence-electron chi connectivity index (χ4n) is 2.68. The highest BCUT2D eigenvalue weighted by Gasteiger charge is 2.29. The maximum atomic E-state index is 12.1. The molecule has 0 saturated heterocycles. The molecule has 1 aliphatic carbocycles. The van der Waals surface area contributed by atoms with Crippen LogP contribution in [0.1, 0.15) is 40.0 Å². The molecule has 0 aliphatic heterocycles. The molecule has 0 radical (unpaired) electrons. The van der Waals surface area contributed by atoms with E-state index in [0.717, 1.165) is 32.4 Å². The third kappa shape index (κ3) is 3.68. The number of aliphatic hydroxyl groups excluding tert-OH is 1. The Labute approximate surface area is 104 Å². The monoisotopic (exact) mass is 242 g/mol.